The molecule has 0 radical (unpaired) electrons. The first-order valence-electron chi connectivity index (χ1n) is 5.09. The van der Waals surface area contributed by atoms with Crippen LogP contribution in [0.1, 0.15) is 19.3 Å². The van der Waals surface area contributed by atoms with E-state index in [0.717, 1.165) is 0 Å². The van der Waals surface area contributed by atoms with Crippen molar-refractivity contribution >= 4 is 11.9 Å². The van der Waals surface area contributed by atoms with Crippen molar-refractivity contribution in [2.45, 2.75) is 31.3 Å². The number of hydrogen-bond acceptors (Lipinski definition) is 6. The van der Waals surface area contributed by atoms with Gasteiger partial charge in [-0.25, -0.2) is 0 Å². The third-order valence-electron chi connectivity index (χ3n) is 2.01. The fourth-order valence-corrected chi connectivity index (χ4v) is 0.973. The molecule has 0 aromatic rings. The van der Waals surface area contributed by atoms with Crippen LogP contribution in [0.15, 0.2) is 0 Å². The van der Waals surface area contributed by atoms with Gasteiger partial charge in [-0.1, -0.05) is 0 Å². The Morgan fingerprint density at radius 3 is 2.31 bits per heavy atom. The standard InChI is InChI=1S/C9H19N3O4/c10-4-1-2-7(12)9(15)16-5-3-6(11)8(13)14/h6-7H,1-5,10-12H2,(H,13,14)/t6-,7-/m0/s1. The Bertz CT molecular complexity index is 235. The molecule has 7 nitrogen and oxygen atoms in total. The van der Waals surface area contributed by atoms with Gasteiger partial charge >= 0.3 is 11.9 Å². The van der Waals surface area contributed by atoms with Gasteiger partial charge in [0.15, 0.2) is 0 Å². The van der Waals surface area contributed by atoms with Crippen molar-refractivity contribution in [3.05, 3.63) is 0 Å². The Morgan fingerprint density at radius 2 is 1.81 bits per heavy atom. The zero-order valence-electron chi connectivity index (χ0n) is 9.09. The number of hydrogen-bond donors (Lipinski definition) is 4. The molecule has 0 aliphatic rings. The maximum Gasteiger partial charge on any atom is 0.322 e. The summed E-state index contributed by atoms with van der Waals surface area (Å²) >= 11 is 0. The van der Waals surface area contributed by atoms with Crippen molar-refractivity contribution in [3.63, 3.8) is 0 Å². The smallest absolute Gasteiger partial charge is 0.322 e. The summed E-state index contributed by atoms with van der Waals surface area (Å²) in [6.45, 7) is 0.424. The van der Waals surface area contributed by atoms with E-state index in [2.05, 4.69) is 0 Å². The maximum atomic E-state index is 11.2. The molecule has 0 rings (SSSR count). The topological polar surface area (TPSA) is 142 Å². The molecule has 0 fully saturated rings. The van der Waals surface area contributed by atoms with E-state index in [1.807, 2.05) is 0 Å². The predicted octanol–water partition coefficient (Wildman–Crippen LogP) is -1.60. The van der Waals surface area contributed by atoms with Gasteiger partial charge < -0.3 is 27.0 Å². The molecule has 0 bridgehead atoms. The molecule has 0 saturated carbocycles. The lowest BCUT2D eigenvalue weighted by molar-refractivity contribution is -0.147. The molecular formula is C9H19N3O4. The zero-order chi connectivity index (χ0) is 12.6. The normalized spacial score (nSPS) is 14.2. The zero-order valence-corrected chi connectivity index (χ0v) is 9.09. The average molecular weight is 233 g/mol. The molecule has 0 saturated heterocycles. The number of aliphatic carboxylic acids is 1. The summed E-state index contributed by atoms with van der Waals surface area (Å²) < 4.78 is 4.77. The first kappa shape index (κ1) is 14.8. The SMILES string of the molecule is NCCC[C@H](N)C(=O)OCC[C@H](N)C(=O)O. The van der Waals surface area contributed by atoms with E-state index in [9.17, 15) is 9.59 Å². The van der Waals surface area contributed by atoms with E-state index in [-0.39, 0.29) is 13.0 Å². The minimum Gasteiger partial charge on any atom is -0.480 e. The van der Waals surface area contributed by atoms with E-state index in [1.54, 1.807) is 0 Å². The molecule has 16 heavy (non-hydrogen) atoms. The average Bonchev–Trinajstić information content (AvgIpc) is 2.25. The van der Waals surface area contributed by atoms with Gasteiger partial charge in [0.2, 0.25) is 0 Å². The van der Waals surface area contributed by atoms with Gasteiger partial charge in [0.1, 0.15) is 12.1 Å². The van der Waals surface area contributed by atoms with Crippen molar-refractivity contribution in [1.82, 2.24) is 0 Å². The van der Waals surface area contributed by atoms with Crippen molar-refractivity contribution in [2.75, 3.05) is 13.2 Å². The lowest BCUT2D eigenvalue weighted by Gasteiger charge is -2.11. The first-order valence-corrected chi connectivity index (χ1v) is 5.09. The van der Waals surface area contributed by atoms with Gasteiger partial charge in [-0.3, -0.25) is 9.59 Å². The Hall–Kier alpha value is -1.18. The number of ether oxygens (including phenoxy) is 1. The Morgan fingerprint density at radius 1 is 1.19 bits per heavy atom. The summed E-state index contributed by atoms with van der Waals surface area (Å²) in [6, 6.07) is -1.72. The van der Waals surface area contributed by atoms with Crippen molar-refractivity contribution in [3.8, 4) is 0 Å². The maximum absolute atomic E-state index is 11.2. The second-order valence-corrected chi connectivity index (χ2v) is 3.44. The van der Waals surface area contributed by atoms with Crippen LogP contribution in [0.4, 0.5) is 0 Å². The minimum atomic E-state index is -1.12. The highest BCUT2D eigenvalue weighted by Gasteiger charge is 2.16. The van der Waals surface area contributed by atoms with Gasteiger partial charge in [-0.05, 0) is 19.4 Å². The van der Waals surface area contributed by atoms with Gasteiger partial charge in [0, 0.05) is 6.42 Å². The molecule has 7 heteroatoms. The van der Waals surface area contributed by atoms with Crippen molar-refractivity contribution in [1.29, 1.82) is 0 Å². The van der Waals surface area contributed by atoms with E-state index in [1.165, 1.54) is 0 Å². The van der Waals surface area contributed by atoms with Crippen LogP contribution in [0, 0.1) is 0 Å². The molecule has 0 aromatic carbocycles. The monoisotopic (exact) mass is 233 g/mol. The van der Waals surface area contributed by atoms with Crippen LogP contribution in [-0.2, 0) is 14.3 Å². The number of carbonyl (C=O) groups is 2. The Kier molecular flexibility index (Phi) is 7.44. The summed E-state index contributed by atoms with van der Waals surface area (Å²) in [4.78, 5) is 21.6. The van der Waals surface area contributed by atoms with E-state index in [0.29, 0.717) is 19.4 Å². The lowest BCUT2D eigenvalue weighted by atomic mass is 10.2. The second-order valence-electron chi connectivity index (χ2n) is 3.44. The molecule has 94 valence electrons. The van der Waals surface area contributed by atoms with Gasteiger partial charge in [-0.15, -0.1) is 0 Å². The number of carbonyl (C=O) groups excluding carboxylic acids is 1. The molecule has 0 aliphatic carbocycles. The van der Waals surface area contributed by atoms with Crippen LogP contribution in [0.5, 0.6) is 0 Å². The molecule has 0 unspecified atom stereocenters. The van der Waals surface area contributed by atoms with Crippen LogP contribution in [0.2, 0.25) is 0 Å². The van der Waals surface area contributed by atoms with Crippen LogP contribution < -0.4 is 17.2 Å². The van der Waals surface area contributed by atoms with E-state index >= 15 is 0 Å². The number of carboxylic acids is 1. The largest absolute Gasteiger partial charge is 0.480 e. The number of nitrogens with two attached hydrogens (primary N) is 3. The number of esters is 1. The Labute approximate surface area is 93.9 Å². The predicted molar refractivity (Wildman–Crippen MR) is 57.5 cm³/mol. The molecule has 2 atom stereocenters. The summed E-state index contributed by atoms with van der Waals surface area (Å²) in [5, 5.41) is 8.47. The third-order valence-corrected chi connectivity index (χ3v) is 2.01. The molecule has 0 spiro atoms. The minimum absolute atomic E-state index is 0.0391. The molecule has 0 aliphatic heterocycles. The van der Waals surface area contributed by atoms with Crippen LogP contribution >= 0.6 is 0 Å². The summed E-state index contributed by atoms with van der Waals surface area (Å²) in [7, 11) is 0. The molecule has 7 N–H and O–H groups in total. The number of rotatable bonds is 8. The summed E-state index contributed by atoms with van der Waals surface area (Å²) in [5.74, 6) is -1.67. The quantitative estimate of drug-likeness (QED) is 0.370. The van der Waals surface area contributed by atoms with Gasteiger partial charge in [0.05, 0.1) is 6.61 Å². The number of carboxylic acid groups (broad SMARTS) is 1. The van der Waals surface area contributed by atoms with Crippen LogP contribution in [0.25, 0.3) is 0 Å². The summed E-state index contributed by atoms with van der Waals surface area (Å²) in [5.41, 5.74) is 16.0. The first-order chi connectivity index (χ1) is 7.49. The summed E-state index contributed by atoms with van der Waals surface area (Å²) in [6.07, 6.45) is 1.18. The van der Waals surface area contributed by atoms with Crippen molar-refractivity contribution in [2.24, 2.45) is 17.2 Å². The fourth-order valence-electron chi connectivity index (χ4n) is 0.973. The van der Waals surface area contributed by atoms with Crippen molar-refractivity contribution < 1.29 is 19.4 Å². The Balaban J connectivity index is 3.68. The van der Waals surface area contributed by atoms with Gasteiger partial charge in [0.25, 0.3) is 0 Å². The molecule has 0 heterocycles. The second kappa shape index (κ2) is 8.03. The lowest BCUT2D eigenvalue weighted by Crippen LogP contribution is -2.35. The molecule has 0 amide bonds. The fraction of sp³-hybridized carbons (Fsp3) is 0.778. The molecule has 0 aromatic heterocycles. The molecular weight excluding hydrogens is 214 g/mol. The van der Waals surface area contributed by atoms with Crippen LogP contribution in [0.3, 0.4) is 0 Å². The van der Waals surface area contributed by atoms with Gasteiger partial charge in [-0.2, -0.15) is 0 Å². The van der Waals surface area contributed by atoms with E-state index < -0.39 is 24.0 Å². The van der Waals surface area contributed by atoms with Crippen LogP contribution in [-0.4, -0.2) is 42.3 Å². The van der Waals surface area contributed by atoms with E-state index in [4.69, 9.17) is 27.0 Å². The highest BCUT2D eigenvalue weighted by Crippen LogP contribution is 1.97. The third kappa shape index (κ3) is 6.33. The highest BCUT2D eigenvalue weighted by molar-refractivity contribution is 5.75. The highest BCUT2D eigenvalue weighted by atomic mass is 16.5.